The molecule has 1 saturated heterocycles. The van der Waals surface area contributed by atoms with Crippen LogP contribution in [0.15, 0.2) is 5.38 Å². The van der Waals surface area contributed by atoms with E-state index in [0.717, 1.165) is 41.2 Å². The van der Waals surface area contributed by atoms with Crippen LogP contribution in [0.1, 0.15) is 44.1 Å². The Kier molecular flexibility index (Phi) is 4.53. The van der Waals surface area contributed by atoms with Gasteiger partial charge >= 0.3 is 0 Å². The quantitative estimate of drug-likeness (QED) is 0.780. The summed E-state index contributed by atoms with van der Waals surface area (Å²) in [5.41, 5.74) is 1.63. The number of nitrogens with zero attached hydrogens (tertiary/aromatic N) is 2. The van der Waals surface area contributed by atoms with Gasteiger partial charge in [0.05, 0.1) is 17.1 Å². The molecule has 0 saturated carbocycles. The highest BCUT2D eigenvalue weighted by Gasteiger charge is 2.32. The molecule has 2 amide bonds. The molecule has 0 radical (unpaired) electrons. The standard InChI is InChI=1S/C15H16N4O4S3/c20-13(10-6-24-19-18-10)17-15-12(9-2-1-3-11(9)25-15)14(21)16-8-4-5-26(22,23)7-8/h6,8H,1-5,7H2,(H,16,21)(H,17,20)/t8-/m0/s1. The molecule has 2 N–H and O–H groups in total. The molecule has 11 heteroatoms. The van der Waals surface area contributed by atoms with Gasteiger partial charge in [0.25, 0.3) is 11.8 Å². The highest BCUT2D eigenvalue weighted by molar-refractivity contribution is 7.91. The second kappa shape index (κ2) is 6.71. The third-order valence-corrected chi connectivity index (χ3v) is 8.02. The first-order chi connectivity index (χ1) is 12.4. The summed E-state index contributed by atoms with van der Waals surface area (Å²) in [4.78, 5) is 26.2. The zero-order valence-corrected chi connectivity index (χ0v) is 16.1. The SMILES string of the molecule is O=C(Nc1sc2c(c1C(=O)N[C@H]1CCS(=O)(=O)C1)CCC2)c1csnn1. The highest BCUT2D eigenvalue weighted by atomic mass is 32.2. The minimum atomic E-state index is -3.08. The topological polar surface area (TPSA) is 118 Å². The van der Waals surface area contributed by atoms with Crippen LogP contribution in [0.3, 0.4) is 0 Å². The van der Waals surface area contributed by atoms with Gasteiger partial charge in [-0.2, -0.15) is 0 Å². The number of aryl methyl sites for hydroxylation is 1. The lowest BCUT2D eigenvalue weighted by Crippen LogP contribution is -2.36. The number of hydrogen-bond acceptors (Lipinski definition) is 8. The van der Waals surface area contributed by atoms with Crippen molar-refractivity contribution in [3.63, 3.8) is 0 Å². The maximum Gasteiger partial charge on any atom is 0.277 e. The number of rotatable bonds is 4. The first kappa shape index (κ1) is 17.6. The van der Waals surface area contributed by atoms with E-state index >= 15 is 0 Å². The van der Waals surface area contributed by atoms with Crippen LogP contribution in [-0.4, -0.2) is 47.4 Å². The summed E-state index contributed by atoms with van der Waals surface area (Å²) in [5, 5.41) is 11.4. The average Bonchev–Trinajstić information content (AvgIpc) is 3.31. The molecule has 0 bridgehead atoms. The van der Waals surface area contributed by atoms with Crippen LogP contribution in [0.2, 0.25) is 0 Å². The Bertz CT molecular complexity index is 965. The van der Waals surface area contributed by atoms with Gasteiger partial charge in [-0.05, 0) is 42.8 Å². The lowest BCUT2D eigenvalue weighted by Gasteiger charge is -2.13. The lowest BCUT2D eigenvalue weighted by molar-refractivity contribution is 0.0941. The third kappa shape index (κ3) is 3.38. The molecule has 26 heavy (non-hydrogen) atoms. The van der Waals surface area contributed by atoms with Crippen molar-refractivity contribution >= 4 is 49.5 Å². The van der Waals surface area contributed by atoms with Gasteiger partial charge in [-0.25, -0.2) is 8.42 Å². The monoisotopic (exact) mass is 412 g/mol. The number of aromatic nitrogens is 2. The van der Waals surface area contributed by atoms with E-state index in [1.54, 1.807) is 5.38 Å². The second-order valence-corrected chi connectivity index (χ2v) is 10.3. The van der Waals surface area contributed by atoms with Crippen molar-refractivity contribution in [3.05, 3.63) is 27.1 Å². The van der Waals surface area contributed by atoms with Gasteiger partial charge < -0.3 is 10.6 Å². The summed E-state index contributed by atoms with van der Waals surface area (Å²) in [7, 11) is -3.08. The van der Waals surface area contributed by atoms with E-state index < -0.39 is 15.7 Å². The molecule has 4 rings (SSSR count). The molecule has 0 unspecified atom stereocenters. The van der Waals surface area contributed by atoms with E-state index in [4.69, 9.17) is 0 Å². The molecule has 0 aromatic carbocycles. The van der Waals surface area contributed by atoms with Crippen molar-refractivity contribution in [2.45, 2.75) is 31.7 Å². The number of fused-ring (bicyclic) bond motifs is 1. The summed E-state index contributed by atoms with van der Waals surface area (Å²) >= 11 is 2.48. The van der Waals surface area contributed by atoms with Crippen LogP contribution < -0.4 is 10.6 Å². The van der Waals surface area contributed by atoms with Gasteiger partial charge in [0.2, 0.25) is 0 Å². The summed E-state index contributed by atoms with van der Waals surface area (Å²) < 4.78 is 26.9. The van der Waals surface area contributed by atoms with E-state index in [1.165, 1.54) is 11.3 Å². The molecule has 3 heterocycles. The van der Waals surface area contributed by atoms with Crippen molar-refractivity contribution in [2.24, 2.45) is 0 Å². The van der Waals surface area contributed by atoms with E-state index in [-0.39, 0.29) is 29.1 Å². The Morgan fingerprint density at radius 3 is 2.77 bits per heavy atom. The van der Waals surface area contributed by atoms with E-state index in [9.17, 15) is 18.0 Å². The van der Waals surface area contributed by atoms with Crippen LogP contribution in [0.5, 0.6) is 0 Å². The zero-order chi connectivity index (χ0) is 18.3. The first-order valence-corrected chi connectivity index (χ1v) is 11.6. The Morgan fingerprint density at radius 2 is 2.08 bits per heavy atom. The van der Waals surface area contributed by atoms with Gasteiger partial charge in [-0.15, -0.1) is 16.4 Å². The number of carbonyl (C=O) groups excluding carboxylic acids is 2. The molecule has 1 aliphatic heterocycles. The molecule has 1 atom stereocenters. The van der Waals surface area contributed by atoms with Crippen LogP contribution in [0, 0.1) is 0 Å². The largest absolute Gasteiger partial charge is 0.348 e. The molecule has 138 valence electrons. The Hall–Kier alpha value is -1.85. The van der Waals surface area contributed by atoms with Crippen LogP contribution in [0.4, 0.5) is 5.00 Å². The first-order valence-electron chi connectivity index (χ1n) is 8.17. The van der Waals surface area contributed by atoms with Gasteiger partial charge in [0.1, 0.15) is 5.00 Å². The molecule has 8 nitrogen and oxygen atoms in total. The Labute approximate surface area is 158 Å². The second-order valence-electron chi connectivity index (χ2n) is 6.38. The molecule has 2 aromatic rings. The van der Waals surface area contributed by atoms with Gasteiger partial charge in [-0.1, -0.05) is 4.49 Å². The Morgan fingerprint density at radius 1 is 1.23 bits per heavy atom. The molecular formula is C15H16N4O4S3. The molecule has 2 aromatic heterocycles. The maximum absolute atomic E-state index is 12.8. The average molecular weight is 413 g/mol. The van der Waals surface area contributed by atoms with Crippen LogP contribution >= 0.6 is 22.9 Å². The molecule has 1 fully saturated rings. The van der Waals surface area contributed by atoms with Gasteiger partial charge in [0.15, 0.2) is 15.5 Å². The van der Waals surface area contributed by atoms with Gasteiger partial charge in [-0.3, -0.25) is 9.59 Å². The number of thiophene rings is 1. The number of amides is 2. The fraction of sp³-hybridized carbons (Fsp3) is 0.467. The summed E-state index contributed by atoms with van der Waals surface area (Å²) in [6.45, 7) is 0. The number of anilines is 1. The van der Waals surface area contributed by atoms with Crippen molar-refractivity contribution < 1.29 is 18.0 Å². The van der Waals surface area contributed by atoms with Crippen molar-refractivity contribution in [2.75, 3.05) is 16.8 Å². The minimum Gasteiger partial charge on any atom is -0.348 e. The number of sulfone groups is 1. The van der Waals surface area contributed by atoms with Crippen LogP contribution in [0.25, 0.3) is 0 Å². The fourth-order valence-electron chi connectivity index (χ4n) is 3.33. The van der Waals surface area contributed by atoms with Crippen molar-refractivity contribution in [3.8, 4) is 0 Å². The minimum absolute atomic E-state index is 0.0305. The summed E-state index contributed by atoms with van der Waals surface area (Å²) in [6, 6.07) is -0.379. The van der Waals surface area contributed by atoms with Crippen molar-refractivity contribution in [1.29, 1.82) is 0 Å². The predicted octanol–water partition coefficient (Wildman–Crippen LogP) is 1.26. The smallest absolute Gasteiger partial charge is 0.277 e. The molecule has 0 spiro atoms. The number of nitrogens with one attached hydrogen (secondary N) is 2. The van der Waals surface area contributed by atoms with Gasteiger partial charge in [0, 0.05) is 16.3 Å². The summed E-state index contributed by atoms with van der Waals surface area (Å²) in [5.74, 6) is -0.661. The van der Waals surface area contributed by atoms with E-state index in [2.05, 4.69) is 20.2 Å². The van der Waals surface area contributed by atoms with Crippen LogP contribution in [-0.2, 0) is 22.7 Å². The lowest BCUT2D eigenvalue weighted by atomic mass is 10.1. The normalized spacial score (nSPS) is 20.7. The third-order valence-electron chi connectivity index (χ3n) is 4.54. The predicted molar refractivity (Wildman–Crippen MR) is 98.7 cm³/mol. The van der Waals surface area contributed by atoms with Crippen molar-refractivity contribution in [1.82, 2.24) is 14.9 Å². The van der Waals surface area contributed by atoms with E-state index in [1.807, 2.05) is 0 Å². The highest BCUT2D eigenvalue weighted by Crippen LogP contribution is 2.39. The molecular weight excluding hydrogens is 396 g/mol. The summed E-state index contributed by atoms with van der Waals surface area (Å²) in [6.07, 6.45) is 3.06. The number of carbonyl (C=O) groups is 2. The number of hydrogen-bond donors (Lipinski definition) is 2. The Balaban J connectivity index is 1.58. The molecule has 2 aliphatic rings. The fourth-order valence-corrected chi connectivity index (χ4v) is 6.72. The maximum atomic E-state index is 12.8. The van der Waals surface area contributed by atoms with E-state index in [0.29, 0.717) is 17.0 Å². The molecule has 1 aliphatic carbocycles. The zero-order valence-electron chi connectivity index (χ0n) is 13.6.